The molecule has 3 rings (SSSR count). The number of aromatic amines is 1. The van der Waals surface area contributed by atoms with Gasteiger partial charge in [0.2, 0.25) is 17.7 Å². The first-order valence-corrected chi connectivity index (χ1v) is 13.4. The molecule has 14 nitrogen and oxygen atoms in total. The number of aryl methyl sites for hydroxylation is 1. The van der Waals surface area contributed by atoms with Crippen molar-refractivity contribution in [3.63, 3.8) is 0 Å². The molecule has 42 heavy (non-hydrogen) atoms. The quantitative estimate of drug-likeness (QED) is 0.311. The van der Waals surface area contributed by atoms with Gasteiger partial charge in [-0.15, -0.1) is 0 Å². The van der Waals surface area contributed by atoms with E-state index in [1.165, 1.54) is 4.90 Å². The van der Waals surface area contributed by atoms with E-state index in [0.717, 1.165) is 29.9 Å². The lowest BCUT2D eigenvalue weighted by molar-refractivity contribution is -0.141. The lowest BCUT2D eigenvalue weighted by Crippen LogP contribution is -2.54. The number of carbonyl (C=O) groups excluding carboxylic acids is 3. The first-order chi connectivity index (χ1) is 20.1. The van der Waals surface area contributed by atoms with E-state index in [1.54, 1.807) is 27.4 Å². The summed E-state index contributed by atoms with van der Waals surface area (Å²) in [4.78, 5) is 66.9. The highest BCUT2D eigenvalue weighted by molar-refractivity contribution is 5.92. The normalized spacial score (nSPS) is 18.9. The summed E-state index contributed by atoms with van der Waals surface area (Å²) in [5.41, 5.74) is 2.88. The number of ether oxygens (including phenoxy) is 1. The molecule has 1 aromatic carbocycles. The molecule has 0 aliphatic carbocycles. The Kier molecular flexibility index (Phi) is 16.6. The molecule has 1 aromatic heterocycles. The molecular formula is C28H42N6O8. The summed E-state index contributed by atoms with van der Waals surface area (Å²) in [5, 5.41) is 19.6. The smallest absolute Gasteiger partial charge is 0.290 e. The van der Waals surface area contributed by atoms with Crippen molar-refractivity contribution in [3.8, 4) is 5.75 Å². The van der Waals surface area contributed by atoms with E-state index < -0.39 is 12.1 Å². The van der Waals surface area contributed by atoms with Gasteiger partial charge in [-0.3, -0.25) is 28.9 Å². The zero-order chi connectivity index (χ0) is 31.5. The fourth-order valence-electron chi connectivity index (χ4n) is 4.23. The molecular weight excluding hydrogens is 548 g/mol. The van der Waals surface area contributed by atoms with Crippen molar-refractivity contribution in [1.29, 1.82) is 0 Å². The highest BCUT2D eigenvalue weighted by atomic mass is 16.5. The van der Waals surface area contributed by atoms with E-state index in [9.17, 15) is 14.4 Å². The van der Waals surface area contributed by atoms with E-state index in [4.69, 9.17) is 24.5 Å². The minimum Gasteiger partial charge on any atom is -0.497 e. The number of H-pyrrole nitrogens is 1. The second-order valence-electron chi connectivity index (χ2n) is 9.51. The second-order valence-corrected chi connectivity index (χ2v) is 9.51. The van der Waals surface area contributed by atoms with Crippen molar-refractivity contribution in [2.75, 3.05) is 33.8 Å². The average Bonchev–Trinajstić information content (AvgIpc) is 3.38. The van der Waals surface area contributed by atoms with Crippen molar-refractivity contribution in [2.24, 2.45) is 0 Å². The van der Waals surface area contributed by atoms with Crippen LogP contribution in [0, 0.1) is 6.92 Å². The number of benzene rings is 1. The Morgan fingerprint density at radius 3 is 2.26 bits per heavy atom. The molecule has 2 heterocycles. The minimum absolute atomic E-state index is 0.182. The lowest BCUT2D eigenvalue weighted by atomic mass is 10.0. The summed E-state index contributed by atoms with van der Waals surface area (Å²) < 4.78 is 5.21. The summed E-state index contributed by atoms with van der Waals surface area (Å²) in [6, 6.07) is 5.95. The molecule has 2 atom stereocenters. The number of nitrogens with zero attached hydrogens (tertiary/aromatic N) is 3. The molecule has 232 valence electrons. The van der Waals surface area contributed by atoms with E-state index in [1.807, 2.05) is 31.2 Å². The van der Waals surface area contributed by atoms with Crippen LogP contribution in [-0.2, 0) is 36.9 Å². The molecule has 0 spiro atoms. The van der Waals surface area contributed by atoms with Crippen LogP contribution in [0.4, 0.5) is 0 Å². The average molecular weight is 591 g/mol. The van der Waals surface area contributed by atoms with Gasteiger partial charge in [0.1, 0.15) is 17.8 Å². The number of carboxylic acid groups (broad SMARTS) is 2. The van der Waals surface area contributed by atoms with Gasteiger partial charge < -0.3 is 35.5 Å². The van der Waals surface area contributed by atoms with Crippen LogP contribution in [0.2, 0.25) is 0 Å². The maximum absolute atomic E-state index is 13.4. The van der Waals surface area contributed by atoms with Crippen LogP contribution in [0.25, 0.3) is 0 Å². The summed E-state index contributed by atoms with van der Waals surface area (Å²) in [6.45, 7) is 5.83. The molecule has 1 saturated heterocycles. The van der Waals surface area contributed by atoms with E-state index >= 15 is 0 Å². The van der Waals surface area contributed by atoms with Crippen LogP contribution in [0.15, 0.2) is 30.6 Å². The van der Waals surface area contributed by atoms with E-state index in [-0.39, 0.29) is 30.7 Å². The van der Waals surface area contributed by atoms with Crippen molar-refractivity contribution >= 4 is 30.7 Å². The zero-order valence-corrected chi connectivity index (χ0v) is 24.5. The Hall–Kier alpha value is -4.46. The predicted octanol–water partition coefficient (Wildman–Crippen LogP) is 0.805. The SMILES string of the molecule is COc1ccc(C[C@@H]2NC(=O)CCCN(Cc3nc[nH]c3C)CCCNC(=O)[C@H](C)N(C)C2=O)cc1.O=CO.O=CO. The summed E-state index contributed by atoms with van der Waals surface area (Å²) in [6.07, 6.45) is 3.71. The Balaban J connectivity index is 0.00000135. The zero-order valence-electron chi connectivity index (χ0n) is 24.5. The molecule has 2 aromatic rings. The summed E-state index contributed by atoms with van der Waals surface area (Å²) >= 11 is 0. The fourth-order valence-corrected chi connectivity index (χ4v) is 4.23. The van der Waals surface area contributed by atoms with E-state index in [2.05, 4.69) is 25.5 Å². The number of aromatic nitrogens is 2. The number of hydrogen-bond donors (Lipinski definition) is 5. The first-order valence-electron chi connectivity index (χ1n) is 13.4. The Bertz CT molecular complexity index is 1120. The molecule has 1 aliphatic rings. The van der Waals surface area contributed by atoms with Crippen LogP contribution in [0.1, 0.15) is 43.1 Å². The monoisotopic (exact) mass is 590 g/mol. The number of methoxy groups -OCH3 is 1. The maximum Gasteiger partial charge on any atom is 0.290 e. The van der Waals surface area contributed by atoms with Crippen molar-refractivity contribution in [2.45, 2.75) is 58.2 Å². The summed E-state index contributed by atoms with van der Waals surface area (Å²) in [7, 11) is 3.20. The number of likely N-dealkylation sites (N-methyl/N-ethyl adjacent to an activating group) is 1. The second kappa shape index (κ2) is 19.6. The fraction of sp³-hybridized carbons (Fsp3) is 0.500. The maximum atomic E-state index is 13.4. The molecule has 1 aliphatic heterocycles. The van der Waals surface area contributed by atoms with Gasteiger partial charge in [-0.2, -0.15) is 0 Å². The van der Waals surface area contributed by atoms with Crippen LogP contribution in [0.5, 0.6) is 5.75 Å². The van der Waals surface area contributed by atoms with Crippen molar-refractivity contribution in [1.82, 2.24) is 30.4 Å². The van der Waals surface area contributed by atoms with Gasteiger partial charge in [0.15, 0.2) is 0 Å². The highest BCUT2D eigenvalue weighted by Crippen LogP contribution is 2.15. The van der Waals surface area contributed by atoms with Crippen molar-refractivity contribution < 1.29 is 38.9 Å². The Morgan fingerprint density at radius 2 is 1.69 bits per heavy atom. The number of imidazole rings is 1. The van der Waals surface area contributed by atoms with Gasteiger partial charge in [0.05, 0.1) is 19.1 Å². The number of amides is 3. The largest absolute Gasteiger partial charge is 0.497 e. The Labute approximate surface area is 245 Å². The van der Waals surface area contributed by atoms with Gasteiger partial charge in [-0.05, 0) is 50.9 Å². The van der Waals surface area contributed by atoms with Crippen LogP contribution >= 0.6 is 0 Å². The van der Waals surface area contributed by atoms with E-state index in [0.29, 0.717) is 44.6 Å². The molecule has 0 saturated carbocycles. The number of nitrogens with one attached hydrogen (secondary N) is 3. The highest BCUT2D eigenvalue weighted by Gasteiger charge is 2.30. The number of carbonyl (C=O) groups is 5. The van der Waals surface area contributed by atoms with Gasteiger partial charge in [-0.1, -0.05) is 12.1 Å². The van der Waals surface area contributed by atoms with Gasteiger partial charge in [0, 0.05) is 45.2 Å². The molecule has 0 bridgehead atoms. The Morgan fingerprint density at radius 1 is 1.07 bits per heavy atom. The third kappa shape index (κ3) is 12.4. The molecule has 3 amide bonds. The number of rotatable bonds is 5. The third-order valence-electron chi connectivity index (χ3n) is 6.68. The van der Waals surface area contributed by atoms with Gasteiger partial charge in [-0.25, -0.2) is 4.98 Å². The number of hydrogen-bond acceptors (Lipinski definition) is 8. The molecule has 5 N–H and O–H groups in total. The minimum atomic E-state index is -0.779. The predicted molar refractivity (Wildman–Crippen MR) is 154 cm³/mol. The molecule has 1 fully saturated rings. The molecule has 14 heteroatoms. The van der Waals surface area contributed by atoms with Crippen LogP contribution in [0.3, 0.4) is 0 Å². The van der Waals surface area contributed by atoms with Crippen LogP contribution < -0.4 is 15.4 Å². The van der Waals surface area contributed by atoms with Crippen molar-refractivity contribution in [3.05, 3.63) is 47.5 Å². The molecule has 0 radical (unpaired) electrons. The first kappa shape index (κ1) is 35.6. The summed E-state index contributed by atoms with van der Waals surface area (Å²) in [5.74, 6) is 0.0172. The lowest BCUT2D eigenvalue weighted by Gasteiger charge is -2.29. The van der Waals surface area contributed by atoms with Gasteiger partial charge >= 0.3 is 0 Å². The third-order valence-corrected chi connectivity index (χ3v) is 6.68. The topological polar surface area (TPSA) is 194 Å². The molecule has 0 unspecified atom stereocenters. The standard InChI is InChI=1S/C26H38N6O4.2CH2O2/c1-18-23(29-17-28-18)16-32-13-5-7-24(33)30-22(15-20-8-10-21(36-4)11-9-20)26(35)31(3)19(2)25(34)27-12-6-14-32;2*2-1-3/h8-11,17,19,22H,5-7,12-16H2,1-4H3,(H,27,34)(H,28,29)(H,30,33);2*1H,(H,2,3)/t19-,22-;;/m0../s1. The van der Waals surface area contributed by atoms with Crippen LogP contribution in [-0.4, -0.2) is 107 Å². The van der Waals surface area contributed by atoms with Gasteiger partial charge in [0.25, 0.3) is 12.9 Å².